The van der Waals surface area contributed by atoms with Crippen LogP contribution in [0.4, 0.5) is 0 Å². The van der Waals surface area contributed by atoms with Crippen molar-refractivity contribution in [1.82, 2.24) is 0 Å². The molecule has 0 N–H and O–H groups in total. The average molecular weight is 271 g/mol. The Morgan fingerprint density at radius 1 is 1.05 bits per heavy atom. The summed E-state index contributed by atoms with van der Waals surface area (Å²) in [5.41, 5.74) is 1.98. The van der Waals surface area contributed by atoms with E-state index in [9.17, 15) is 4.57 Å². The van der Waals surface area contributed by atoms with E-state index in [1.165, 1.54) is 0 Å². The van der Waals surface area contributed by atoms with Gasteiger partial charge in [-0.25, -0.2) is 4.20 Å². The standard InChI is InChI=1S/C16H16O2P/c1-2-3-7-12-8-6-10-14-13-9-4-5-11-15(13)19(17)18-16(12)14/h4-6,8-11H,2-3,7H2,1H3/q+1. The van der Waals surface area contributed by atoms with E-state index in [0.29, 0.717) is 0 Å². The molecule has 1 aromatic heterocycles. The molecule has 3 rings (SSSR count). The Balaban J connectivity index is 2.36. The minimum Gasteiger partial charge on any atom is -0.249 e. The number of rotatable bonds is 3. The third kappa shape index (κ3) is 2.17. The smallest absolute Gasteiger partial charge is 0.249 e. The van der Waals surface area contributed by atoms with Crippen molar-refractivity contribution in [3.05, 3.63) is 48.0 Å². The Kier molecular flexibility index (Phi) is 3.35. The first kappa shape index (κ1) is 12.4. The summed E-state index contributed by atoms with van der Waals surface area (Å²) in [6, 6.07) is 14.0. The molecule has 0 saturated carbocycles. The summed E-state index contributed by atoms with van der Waals surface area (Å²) in [7, 11) is -1.78. The average Bonchev–Trinajstić information content (AvgIpc) is 2.46. The zero-order chi connectivity index (χ0) is 13.2. The van der Waals surface area contributed by atoms with Crippen LogP contribution in [0.5, 0.6) is 0 Å². The Labute approximate surface area is 112 Å². The highest BCUT2D eigenvalue weighted by molar-refractivity contribution is 7.37. The lowest BCUT2D eigenvalue weighted by molar-refractivity contribution is 0.562. The summed E-state index contributed by atoms with van der Waals surface area (Å²) < 4.78 is 17.9. The minimum atomic E-state index is -1.78. The molecule has 1 unspecified atom stereocenters. The molecule has 19 heavy (non-hydrogen) atoms. The first-order valence-corrected chi connectivity index (χ1v) is 7.85. The molecule has 0 aliphatic rings. The number of fused-ring (bicyclic) bond motifs is 3. The molecule has 0 fully saturated rings. The van der Waals surface area contributed by atoms with Crippen molar-refractivity contribution in [3.63, 3.8) is 0 Å². The molecule has 0 aliphatic carbocycles. The molecule has 3 aromatic rings. The van der Waals surface area contributed by atoms with Crippen LogP contribution in [0.1, 0.15) is 25.3 Å². The highest BCUT2D eigenvalue weighted by Crippen LogP contribution is 2.36. The lowest BCUT2D eigenvalue weighted by Gasteiger charge is -2.02. The number of hydrogen-bond donors (Lipinski definition) is 0. The Bertz CT molecular complexity index is 789. The molecule has 0 saturated heterocycles. The van der Waals surface area contributed by atoms with Crippen LogP contribution < -0.4 is 0 Å². The quantitative estimate of drug-likeness (QED) is 0.574. The normalized spacial score (nSPS) is 12.2. The Hall–Kier alpha value is -1.66. The fraction of sp³-hybridized carbons (Fsp3) is 0.250. The molecule has 2 aromatic carbocycles. The zero-order valence-electron chi connectivity index (χ0n) is 10.9. The van der Waals surface area contributed by atoms with Crippen LogP contribution in [-0.2, 0) is 11.0 Å². The lowest BCUT2D eigenvalue weighted by atomic mass is 10.0. The fourth-order valence-corrected chi connectivity index (χ4v) is 3.54. The van der Waals surface area contributed by atoms with Gasteiger partial charge in [0.25, 0.3) is 0 Å². The number of unbranched alkanes of at least 4 members (excludes halogenated alkanes) is 1. The second-order valence-corrected chi connectivity index (χ2v) is 5.94. The van der Waals surface area contributed by atoms with Crippen LogP contribution in [0.2, 0.25) is 0 Å². The largest absolute Gasteiger partial charge is 0.597 e. The van der Waals surface area contributed by atoms with Crippen molar-refractivity contribution in [2.75, 3.05) is 0 Å². The SMILES string of the molecule is CCCCc1cccc2c1o[p+](=O)c1ccccc21. The van der Waals surface area contributed by atoms with Crippen molar-refractivity contribution >= 4 is 29.1 Å². The number of para-hydroxylation sites is 1. The molecular weight excluding hydrogens is 255 g/mol. The van der Waals surface area contributed by atoms with E-state index in [0.717, 1.165) is 46.3 Å². The topological polar surface area (TPSA) is 30.2 Å². The molecular formula is C16H16O2P+. The molecule has 1 atom stereocenters. The van der Waals surface area contributed by atoms with E-state index in [2.05, 4.69) is 19.1 Å². The first-order valence-electron chi connectivity index (χ1n) is 6.67. The second kappa shape index (κ2) is 5.14. The van der Waals surface area contributed by atoms with Gasteiger partial charge >= 0.3 is 7.65 Å². The molecule has 0 radical (unpaired) electrons. The summed E-state index contributed by atoms with van der Waals surface area (Å²) in [5.74, 6) is 0. The van der Waals surface area contributed by atoms with E-state index in [1.54, 1.807) is 0 Å². The van der Waals surface area contributed by atoms with E-state index >= 15 is 0 Å². The predicted octanol–water partition coefficient (Wildman–Crippen LogP) is 5.67. The molecule has 0 bridgehead atoms. The maximum Gasteiger partial charge on any atom is 0.597 e. The monoisotopic (exact) mass is 271 g/mol. The highest BCUT2D eigenvalue weighted by Gasteiger charge is 2.17. The van der Waals surface area contributed by atoms with Crippen LogP contribution in [0.15, 0.2) is 46.7 Å². The van der Waals surface area contributed by atoms with Gasteiger partial charge in [0.2, 0.25) is 5.12 Å². The third-order valence-corrected chi connectivity index (χ3v) is 4.59. The Morgan fingerprint density at radius 3 is 2.68 bits per heavy atom. The van der Waals surface area contributed by atoms with Gasteiger partial charge in [-0.05, 0) is 29.5 Å². The number of hydrogen-bond acceptors (Lipinski definition) is 2. The highest BCUT2D eigenvalue weighted by atomic mass is 31.1. The van der Waals surface area contributed by atoms with Crippen molar-refractivity contribution in [3.8, 4) is 0 Å². The van der Waals surface area contributed by atoms with E-state index < -0.39 is 7.65 Å². The summed E-state index contributed by atoms with van der Waals surface area (Å²) in [6.07, 6.45) is 3.25. The fourth-order valence-electron chi connectivity index (χ4n) is 2.46. The van der Waals surface area contributed by atoms with Gasteiger partial charge in [-0.1, -0.05) is 43.7 Å². The van der Waals surface area contributed by atoms with Gasteiger partial charge in [-0.3, -0.25) is 0 Å². The molecule has 0 amide bonds. The van der Waals surface area contributed by atoms with E-state index in [1.807, 2.05) is 30.3 Å². The molecule has 2 nitrogen and oxygen atoms in total. The summed E-state index contributed by atoms with van der Waals surface area (Å²) in [6.45, 7) is 2.17. The van der Waals surface area contributed by atoms with Gasteiger partial charge in [0.15, 0.2) is 5.58 Å². The van der Waals surface area contributed by atoms with Crippen LogP contribution in [0.3, 0.4) is 0 Å². The van der Waals surface area contributed by atoms with Gasteiger partial charge in [-0.2, -0.15) is 0 Å². The third-order valence-electron chi connectivity index (χ3n) is 3.46. The molecule has 0 spiro atoms. The Morgan fingerprint density at radius 2 is 1.84 bits per heavy atom. The van der Waals surface area contributed by atoms with Gasteiger partial charge < -0.3 is 0 Å². The van der Waals surface area contributed by atoms with Crippen molar-refractivity contribution in [1.29, 1.82) is 0 Å². The number of benzene rings is 2. The summed E-state index contributed by atoms with van der Waals surface area (Å²) >= 11 is 0. The first-order chi connectivity index (χ1) is 9.31. The number of aryl methyl sites for hydroxylation is 1. The molecule has 1 heterocycles. The van der Waals surface area contributed by atoms with Crippen molar-refractivity contribution in [2.24, 2.45) is 0 Å². The maximum absolute atomic E-state index is 12.2. The van der Waals surface area contributed by atoms with Crippen LogP contribution in [-0.4, -0.2) is 0 Å². The molecule has 0 aliphatic heterocycles. The zero-order valence-corrected chi connectivity index (χ0v) is 11.8. The van der Waals surface area contributed by atoms with Crippen LogP contribution in [0, 0.1) is 0 Å². The van der Waals surface area contributed by atoms with Gasteiger partial charge in [0.05, 0.1) is 0 Å². The van der Waals surface area contributed by atoms with Crippen LogP contribution >= 0.6 is 7.65 Å². The van der Waals surface area contributed by atoms with E-state index in [4.69, 9.17) is 4.20 Å². The lowest BCUT2D eigenvalue weighted by Crippen LogP contribution is -1.87. The molecule has 96 valence electrons. The second-order valence-electron chi connectivity index (χ2n) is 4.76. The summed E-state index contributed by atoms with van der Waals surface area (Å²) in [4.78, 5) is 0. The van der Waals surface area contributed by atoms with Crippen molar-refractivity contribution < 1.29 is 8.76 Å². The maximum atomic E-state index is 12.2. The summed E-state index contributed by atoms with van der Waals surface area (Å²) in [5, 5.41) is 2.92. The van der Waals surface area contributed by atoms with Gasteiger partial charge in [0, 0.05) is 16.3 Å². The van der Waals surface area contributed by atoms with Gasteiger partial charge in [-0.15, -0.1) is 0 Å². The minimum absolute atomic E-state index is 0.803. The molecule has 3 heteroatoms. The van der Waals surface area contributed by atoms with Crippen molar-refractivity contribution in [2.45, 2.75) is 26.2 Å². The predicted molar refractivity (Wildman–Crippen MR) is 79.9 cm³/mol. The van der Waals surface area contributed by atoms with E-state index in [-0.39, 0.29) is 0 Å². The van der Waals surface area contributed by atoms with Gasteiger partial charge in [0.1, 0.15) is 0 Å². The van der Waals surface area contributed by atoms with Crippen LogP contribution in [0.25, 0.3) is 21.5 Å².